The van der Waals surface area contributed by atoms with Gasteiger partial charge in [-0.05, 0) is 60.0 Å². The fourth-order valence-corrected chi connectivity index (χ4v) is 3.80. The van der Waals surface area contributed by atoms with Gasteiger partial charge in [0.05, 0.1) is 10.6 Å². The molecular formula is C21H21N3O3S. The molecule has 144 valence electrons. The van der Waals surface area contributed by atoms with E-state index in [0.29, 0.717) is 17.8 Å². The van der Waals surface area contributed by atoms with Crippen LogP contribution >= 0.6 is 0 Å². The molecule has 6 nitrogen and oxygen atoms in total. The summed E-state index contributed by atoms with van der Waals surface area (Å²) in [5.41, 5.74) is 2.80. The number of benzene rings is 2. The number of aryl methyl sites for hydroxylation is 1. The van der Waals surface area contributed by atoms with Gasteiger partial charge < -0.3 is 5.32 Å². The van der Waals surface area contributed by atoms with E-state index < -0.39 is 10.0 Å². The van der Waals surface area contributed by atoms with Crippen molar-refractivity contribution < 1.29 is 13.2 Å². The van der Waals surface area contributed by atoms with Gasteiger partial charge in [-0.3, -0.25) is 14.5 Å². The van der Waals surface area contributed by atoms with Crippen LogP contribution in [0.4, 0.5) is 5.69 Å². The maximum absolute atomic E-state index is 12.6. The molecule has 28 heavy (non-hydrogen) atoms. The van der Waals surface area contributed by atoms with Crippen LogP contribution in [0.15, 0.2) is 78.0 Å². The van der Waals surface area contributed by atoms with Gasteiger partial charge in [-0.25, -0.2) is 8.42 Å². The standard InChI is InChI=1S/C21H21N3O3S/c1-2-17-5-3-4-6-20(17)24-28(26,27)19-9-7-18(8-10-19)21(25)23-15-16-11-13-22-14-12-16/h3-14,24H,2,15H2,1H3,(H,23,25). The number of hydrogen-bond donors (Lipinski definition) is 2. The first-order valence-corrected chi connectivity index (χ1v) is 10.4. The number of nitrogens with zero attached hydrogens (tertiary/aromatic N) is 1. The second-order valence-electron chi connectivity index (χ2n) is 6.18. The van der Waals surface area contributed by atoms with Crippen LogP contribution in [0.5, 0.6) is 0 Å². The van der Waals surface area contributed by atoms with Gasteiger partial charge in [-0.15, -0.1) is 0 Å². The Hall–Kier alpha value is -3.19. The smallest absolute Gasteiger partial charge is 0.261 e. The lowest BCUT2D eigenvalue weighted by Crippen LogP contribution is -2.23. The fraction of sp³-hybridized carbons (Fsp3) is 0.143. The third kappa shape index (κ3) is 4.75. The second kappa shape index (κ2) is 8.67. The number of hydrogen-bond acceptors (Lipinski definition) is 4. The van der Waals surface area contributed by atoms with E-state index in [-0.39, 0.29) is 10.8 Å². The number of sulfonamides is 1. The summed E-state index contributed by atoms with van der Waals surface area (Å²) in [6.07, 6.45) is 4.03. The number of anilines is 1. The van der Waals surface area contributed by atoms with Gasteiger partial charge in [-0.1, -0.05) is 25.1 Å². The largest absolute Gasteiger partial charge is 0.348 e. The predicted molar refractivity (Wildman–Crippen MR) is 108 cm³/mol. The van der Waals surface area contributed by atoms with Crippen LogP contribution in [0.25, 0.3) is 0 Å². The lowest BCUT2D eigenvalue weighted by molar-refractivity contribution is 0.0951. The van der Waals surface area contributed by atoms with Crippen molar-refractivity contribution in [2.75, 3.05) is 4.72 Å². The van der Waals surface area contributed by atoms with Crippen molar-refractivity contribution in [3.63, 3.8) is 0 Å². The van der Waals surface area contributed by atoms with E-state index in [1.54, 1.807) is 24.5 Å². The topological polar surface area (TPSA) is 88.2 Å². The average molecular weight is 395 g/mol. The highest BCUT2D eigenvalue weighted by molar-refractivity contribution is 7.92. The molecule has 0 fully saturated rings. The monoisotopic (exact) mass is 395 g/mol. The van der Waals surface area contributed by atoms with Crippen LogP contribution in [0.3, 0.4) is 0 Å². The molecule has 0 aliphatic rings. The zero-order chi connectivity index (χ0) is 20.0. The normalized spacial score (nSPS) is 11.0. The van der Waals surface area contributed by atoms with E-state index in [0.717, 1.165) is 17.5 Å². The second-order valence-corrected chi connectivity index (χ2v) is 7.86. The molecule has 0 aliphatic heterocycles. The van der Waals surface area contributed by atoms with Crippen molar-refractivity contribution in [1.29, 1.82) is 0 Å². The summed E-state index contributed by atoms with van der Waals surface area (Å²) in [4.78, 5) is 16.3. The minimum Gasteiger partial charge on any atom is -0.348 e. The summed E-state index contributed by atoms with van der Waals surface area (Å²) >= 11 is 0. The molecule has 0 unspecified atom stereocenters. The van der Waals surface area contributed by atoms with Gasteiger partial charge in [0, 0.05) is 24.5 Å². The van der Waals surface area contributed by atoms with E-state index in [2.05, 4.69) is 15.0 Å². The lowest BCUT2D eigenvalue weighted by atomic mass is 10.1. The quantitative estimate of drug-likeness (QED) is 0.642. The van der Waals surface area contributed by atoms with Crippen molar-refractivity contribution in [2.45, 2.75) is 24.8 Å². The van der Waals surface area contributed by atoms with Crippen molar-refractivity contribution in [3.8, 4) is 0 Å². The SMILES string of the molecule is CCc1ccccc1NS(=O)(=O)c1ccc(C(=O)NCc2ccncc2)cc1. The molecule has 2 N–H and O–H groups in total. The van der Waals surface area contributed by atoms with Gasteiger partial charge in [0.1, 0.15) is 0 Å². The van der Waals surface area contributed by atoms with Crippen molar-refractivity contribution in [3.05, 3.63) is 89.7 Å². The Kier molecular flexibility index (Phi) is 6.06. The minimum absolute atomic E-state index is 0.101. The molecule has 0 aliphatic carbocycles. The third-order valence-electron chi connectivity index (χ3n) is 4.27. The van der Waals surface area contributed by atoms with E-state index in [9.17, 15) is 13.2 Å². The van der Waals surface area contributed by atoms with Gasteiger partial charge in [0.2, 0.25) is 0 Å². The van der Waals surface area contributed by atoms with Crippen LogP contribution in [0, 0.1) is 0 Å². The Bertz CT molecular complexity index is 1050. The van der Waals surface area contributed by atoms with E-state index in [1.807, 2.05) is 31.2 Å². The van der Waals surface area contributed by atoms with Crippen molar-refractivity contribution in [1.82, 2.24) is 10.3 Å². The molecule has 1 heterocycles. The number of rotatable bonds is 7. The van der Waals surface area contributed by atoms with Crippen LogP contribution in [-0.2, 0) is 23.0 Å². The van der Waals surface area contributed by atoms with Gasteiger partial charge in [0.15, 0.2) is 0 Å². The van der Waals surface area contributed by atoms with Crippen molar-refractivity contribution in [2.24, 2.45) is 0 Å². The predicted octanol–water partition coefficient (Wildman–Crippen LogP) is 3.37. The molecule has 1 amide bonds. The lowest BCUT2D eigenvalue weighted by Gasteiger charge is -2.12. The Labute approximate surface area is 164 Å². The maximum atomic E-state index is 12.6. The van der Waals surface area contributed by atoms with Gasteiger partial charge >= 0.3 is 0 Å². The van der Waals surface area contributed by atoms with Gasteiger partial charge in [0.25, 0.3) is 15.9 Å². The zero-order valence-electron chi connectivity index (χ0n) is 15.4. The number of nitrogens with one attached hydrogen (secondary N) is 2. The molecule has 1 aromatic heterocycles. The highest BCUT2D eigenvalue weighted by Gasteiger charge is 2.16. The number of aromatic nitrogens is 1. The highest BCUT2D eigenvalue weighted by Crippen LogP contribution is 2.20. The molecule has 3 rings (SSSR count). The molecule has 0 atom stereocenters. The summed E-state index contributed by atoms with van der Waals surface area (Å²) in [7, 11) is -3.73. The maximum Gasteiger partial charge on any atom is 0.261 e. The molecule has 7 heteroatoms. The molecule has 3 aromatic rings. The Morgan fingerprint density at radius 3 is 2.32 bits per heavy atom. The summed E-state index contributed by atoms with van der Waals surface area (Å²) < 4.78 is 27.9. The fourth-order valence-electron chi connectivity index (χ4n) is 2.70. The summed E-state index contributed by atoms with van der Waals surface area (Å²) in [6.45, 7) is 2.34. The molecule has 0 bridgehead atoms. The van der Waals surface area contributed by atoms with Crippen molar-refractivity contribution >= 4 is 21.6 Å². The minimum atomic E-state index is -3.73. The zero-order valence-corrected chi connectivity index (χ0v) is 16.2. The Morgan fingerprint density at radius 2 is 1.64 bits per heavy atom. The summed E-state index contributed by atoms with van der Waals surface area (Å²) in [5.74, 6) is -0.273. The van der Waals surface area contributed by atoms with E-state index in [4.69, 9.17) is 0 Å². The van der Waals surface area contributed by atoms with Crippen LogP contribution in [0.2, 0.25) is 0 Å². The van der Waals surface area contributed by atoms with Crippen LogP contribution < -0.4 is 10.0 Å². The summed E-state index contributed by atoms with van der Waals surface area (Å²) in [6, 6.07) is 16.8. The molecule has 0 spiro atoms. The first-order valence-electron chi connectivity index (χ1n) is 8.87. The first-order chi connectivity index (χ1) is 13.5. The number of carbonyl (C=O) groups is 1. The number of carbonyl (C=O) groups excluding carboxylic acids is 1. The molecule has 2 aromatic carbocycles. The molecular weight excluding hydrogens is 374 g/mol. The van der Waals surface area contributed by atoms with Gasteiger partial charge in [-0.2, -0.15) is 0 Å². The third-order valence-corrected chi connectivity index (χ3v) is 5.65. The van der Waals surface area contributed by atoms with E-state index >= 15 is 0 Å². The number of pyridine rings is 1. The highest BCUT2D eigenvalue weighted by atomic mass is 32.2. The summed E-state index contributed by atoms with van der Waals surface area (Å²) in [5, 5.41) is 2.80. The molecule has 0 saturated carbocycles. The number of para-hydroxylation sites is 1. The average Bonchev–Trinajstić information content (AvgIpc) is 2.73. The van der Waals surface area contributed by atoms with Crippen LogP contribution in [0.1, 0.15) is 28.4 Å². The Balaban J connectivity index is 1.69. The molecule has 0 saturated heterocycles. The first kappa shape index (κ1) is 19.6. The molecule has 0 radical (unpaired) electrons. The number of amides is 1. The Morgan fingerprint density at radius 1 is 0.964 bits per heavy atom. The van der Waals surface area contributed by atoms with Crippen LogP contribution in [-0.4, -0.2) is 19.3 Å². The van der Waals surface area contributed by atoms with E-state index in [1.165, 1.54) is 24.3 Å².